The number of rotatable bonds is 12. The van der Waals surface area contributed by atoms with Gasteiger partial charge in [0.05, 0.1) is 12.2 Å². The van der Waals surface area contributed by atoms with Gasteiger partial charge in [0.1, 0.15) is 5.75 Å². The molecule has 28 heavy (non-hydrogen) atoms. The van der Waals surface area contributed by atoms with Gasteiger partial charge in [-0.15, -0.1) is 0 Å². The van der Waals surface area contributed by atoms with Gasteiger partial charge in [-0.2, -0.15) is 0 Å². The molecule has 1 saturated heterocycles. The third kappa shape index (κ3) is 6.89. The average molecular weight is 390 g/mol. The van der Waals surface area contributed by atoms with Crippen molar-refractivity contribution in [3.8, 4) is 5.75 Å². The number of ether oxygens (including phenoxy) is 1. The Morgan fingerprint density at radius 1 is 1.14 bits per heavy atom. The van der Waals surface area contributed by atoms with Gasteiger partial charge in [-0.25, -0.2) is 0 Å². The molecule has 1 heterocycles. The molecule has 2 rings (SSSR count). The number of hydrogen-bond donors (Lipinski definition) is 1. The zero-order valence-electron chi connectivity index (χ0n) is 18.1. The van der Waals surface area contributed by atoms with E-state index in [1.54, 1.807) is 6.07 Å². The van der Waals surface area contributed by atoms with Gasteiger partial charge >= 0.3 is 0 Å². The van der Waals surface area contributed by atoms with Crippen molar-refractivity contribution in [1.82, 2.24) is 4.90 Å². The fourth-order valence-corrected chi connectivity index (χ4v) is 4.39. The second-order valence-corrected chi connectivity index (χ2v) is 8.53. The van der Waals surface area contributed by atoms with Crippen LogP contribution >= 0.6 is 0 Å². The molecule has 1 fully saturated rings. The molecule has 0 saturated carbocycles. The summed E-state index contributed by atoms with van der Waals surface area (Å²) in [5.41, 5.74) is 1.58. The molecule has 158 valence electrons. The summed E-state index contributed by atoms with van der Waals surface area (Å²) in [5, 5.41) is 10.5. The van der Waals surface area contributed by atoms with Crippen molar-refractivity contribution in [2.75, 3.05) is 33.9 Å². The van der Waals surface area contributed by atoms with E-state index in [2.05, 4.69) is 25.9 Å². The van der Waals surface area contributed by atoms with E-state index in [4.69, 9.17) is 4.74 Å². The molecule has 1 aliphatic rings. The summed E-state index contributed by atoms with van der Waals surface area (Å²) in [5.74, 6) is 0.837. The van der Waals surface area contributed by atoms with Crippen LogP contribution in [0.4, 0.5) is 0 Å². The van der Waals surface area contributed by atoms with Crippen molar-refractivity contribution in [1.29, 1.82) is 0 Å². The number of nitrogens with zero attached hydrogens (tertiary/aromatic N) is 1. The van der Waals surface area contributed by atoms with E-state index >= 15 is 0 Å². The molecular formula is C24H39NO3. The van der Waals surface area contributed by atoms with Gasteiger partial charge in [0.2, 0.25) is 0 Å². The van der Waals surface area contributed by atoms with E-state index in [0.29, 0.717) is 24.5 Å². The summed E-state index contributed by atoms with van der Waals surface area (Å²) in [6.07, 6.45) is 9.76. The first-order valence-electron chi connectivity index (χ1n) is 11.1. The van der Waals surface area contributed by atoms with Crippen LogP contribution in [0.3, 0.4) is 0 Å². The summed E-state index contributed by atoms with van der Waals surface area (Å²) >= 11 is 0. The van der Waals surface area contributed by atoms with Crippen molar-refractivity contribution in [2.45, 2.75) is 70.6 Å². The Hall–Kier alpha value is -1.39. The van der Waals surface area contributed by atoms with Crippen molar-refractivity contribution < 1.29 is 14.6 Å². The highest BCUT2D eigenvalue weighted by Gasteiger charge is 2.31. The molecular weight excluding hydrogens is 350 g/mol. The maximum absolute atomic E-state index is 13.0. The number of unbranched alkanes of at least 4 members (excludes halogenated alkanes) is 6. The molecule has 4 nitrogen and oxygen atoms in total. The van der Waals surface area contributed by atoms with Crippen molar-refractivity contribution in [2.24, 2.45) is 5.92 Å². The first-order valence-corrected chi connectivity index (χ1v) is 11.1. The van der Waals surface area contributed by atoms with Gasteiger partial charge in [-0.05, 0) is 44.5 Å². The molecule has 0 spiro atoms. The van der Waals surface area contributed by atoms with Crippen LogP contribution < -0.4 is 0 Å². The molecule has 1 aromatic carbocycles. The zero-order valence-corrected chi connectivity index (χ0v) is 18.1. The van der Waals surface area contributed by atoms with Crippen LogP contribution in [-0.4, -0.2) is 49.6 Å². The van der Waals surface area contributed by atoms with Crippen LogP contribution in [-0.2, 0) is 4.74 Å². The lowest BCUT2D eigenvalue weighted by Gasteiger charge is -2.34. The van der Waals surface area contributed by atoms with Crippen molar-refractivity contribution >= 4 is 5.78 Å². The van der Waals surface area contributed by atoms with Gasteiger partial charge in [0.15, 0.2) is 5.78 Å². The van der Waals surface area contributed by atoms with Gasteiger partial charge in [0, 0.05) is 25.5 Å². The number of carbonyl (C=O) groups excluding carboxylic acids is 1. The summed E-state index contributed by atoms with van der Waals surface area (Å²) in [6, 6.07) is 5.56. The Balaban J connectivity index is 2.02. The topological polar surface area (TPSA) is 49.8 Å². The number of benzene rings is 1. The van der Waals surface area contributed by atoms with Crippen LogP contribution in [0, 0.1) is 5.92 Å². The molecule has 0 bridgehead atoms. The Labute approximate surface area is 171 Å². The Morgan fingerprint density at radius 3 is 2.57 bits per heavy atom. The van der Waals surface area contributed by atoms with Crippen molar-refractivity contribution in [3.63, 3.8) is 0 Å². The molecule has 0 unspecified atom stereocenters. The average Bonchev–Trinajstić information content (AvgIpc) is 2.67. The lowest BCUT2D eigenvalue weighted by molar-refractivity contribution is 0.0300. The summed E-state index contributed by atoms with van der Waals surface area (Å²) in [4.78, 5) is 15.2. The van der Waals surface area contributed by atoms with Gasteiger partial charge in [-0.1, -0.05) is 57.6 Å². The lowest BCUT2D eigenvalue weighted by Crippen LogP contribution is -2.34. The van der Waals surface area contributed by atoms with Crippen LogP contribution in [0.25, 0.3) is 0 Å². The van der Waals surface area contributed by atoms with E-state index in [1.165, 1.54) is 32.1 Å². The monoisotopic (exact) mass is 389 g/mol. The minimum absolute atomic E-state index is 0.0942. The minimum atomic E-state index is 0.0942. The molecule has 0 aromatic heterocycles. The molecule has 1 aromatic rings. The highest BCUT2D eigenvalue weighted by molar-refractivity contribution is 6.00. The predicted molar refractivity (Wildman–Crippen MR) is 115 cm³/mol. The fourth-order valence-electron chi connectivity index (χ4n) is 4.39. The predicted octanol–water partition coefficient (Wildman–Crippen LogP) is 5.40. The van der Waals surface area contributed by atoms with Crippen LogP contribution in [0.5, 0.6) is 5.75 Å². The molecule has 1 N–H and O–H groups in total. The zero-order chi connectivity index (χ0) is 20.4. The Morgan fingerprint density at radius 2 is 1.86 bits per heavy atom. The minimum Gasteiger partial charge on any atom is -0.507 e. The van der Waals surface area contributed by atoms with Crippen molar-refractivity contribution in [3.05, 3.63) is 29.3 Å². The molecule has 0 radical (unpaired) electrons. The van der Waals surface area contributed by atoms with Crippen LogP contribution in [0.2, 0.25) is 0 Å². The number of Topliss-reactive ketones (excluding diaryl/α,β-unsaturated/α-hetero) is 1. The Bertz CT molecular complexity index is 600. The van der Waals surface area contributed by atoms with Crippen LogP contribution in [0.1, 0.15) is 86.6 Å². The number of aromatic hydroxyl groups is 1. The number of carbonyl (C=O) groups is 1. The number of ketones is 1. The normalized spacial score (nSPS) is 19.9. The third-order valence-corrected chi connectivity index (χ3v) is 5.83. The number of hydrogen-bond acceptors (Lipinski definition) is 4. The first-order chi connectivity index (χ1) is 13.5. The van der Waals surface area contributed by atoms with Gasteiger partial charge < -0.3 is 14.7 Å². The third-order valence-electron chi connectivity index (χ3n) is 5.83. The highest BCUT2D eigenvalue weighted by Crippen LogP contribution is 2.37. The maximum Gasteiger partial charge on any atom is 0.166 e. The standard InChI is InChI=1S/C24H39NO3/c1-4-5-6-7-8-9-10-13-22(26)24-21(12-11-14-23(24)27)20-15-16-28-18-19(20)17-25(2)3/h11-12,14,19-20,27H,4-10,13,15-18H2,1-3H3/t19-,20-/m1/s1. The SMILES string of the molecule is CCCCCCCCCC(=O)c1c(O)cccc1[C@@H]1CCOC[C@H]1CN(C)C. The fraction of sp³-hybridized carbons (Fsp3) is 0.708. The van der Waals surface area contributed by atoms with E-state index < -0.39 is 0 Å². The highest BCUT2D eigenvalue weighted by atomic mass is 16.5. The van der Waals surface area contributed by atoms with E-state index in [-0.39, 0.29) is 17.5 Å². The first kappa shape index (κ1) is 22.9. The van der Waals surface area contributed by atoms with Crippen LogP contribution in [0.15, 0.2) is 18.2 Å². The largest absolute Gasteiger partial charge is 0.507 e. The Kier molecular flexibility index (Phi) is 10.0. The second kappa shape index (κ2) is 12.2. The number of phenolic OH excluding ortho intramolecular Hbond substituents is 1. The maximum atomic E-state index is 13.0. The molecule has 4 heteroatoms. The summed E-state index contributed by atoms with van der Waals surface area (Å²) < 4.78 is 5.71. The van der Waals surface area contributed by atoms with Gasteiger partial charge in [-0.3, -0.25) is 4.79 Å². The van der Waals surface area contributed by atoms with E-state index in [0.717, 1.165) is 38.0 Å². The lowest BCUT2D eigenvalue weighted by atomic mass is 9.79. The number of phenols is 1. The smallest absolute Gasteiger partial charge is 0.166 e. The van der Waals surface area contributed by atoms with E-state index in [9.17, 15) is 9.90 Å². The second-order valence-electron chi connectivity index (χ2n) is 8.53. The van der Waals surface area contributed by atoms with E-state index in [1.807, 2.05) is 12.1 Å². The molecule has 2 atom stereocenters. The molecule has 1 aliphatic heterocycles. The quantitative estimate of drug-likeness (QED) is 0.384. The van der Waals surface area contributed by atoms with Gasteiger partial charge in [0.25, 0.3) is 0 Å². The summed E-state index contributed by atoms with van der Waals surface area (Å²) in [6.45, 7) is 4.58. The molecule has 0 aliphatic carbocycles. The summed E-state index contributed by atoms with van der Waals surface area (Å²) in [7, 11) is 4.14. The molecule has 0 amide bonds.